The molecule has 0 spiro atoms. The highest BCUT2D eigenvalue weighted by atomic mass is 35.5. The predicted octanol–water partition coefficient (Wildman–Crippen LogP) is 4.32. The highest BCUT2D eigenvalue weighted by molar-refractivity contribution is 6.34. The Morgan fingerprint density at radius 3 is 2.38 bits per heavy atom. The lowest BCUT2D eigenvalue weighted by atomic mass is 10.1. The van der Waals surface area contributed by atoms with Gasteiger partial charge in [-0.3, -0.25) is 9.59 Å². The summed E-state index contributed by atoms with van der Waals surface area (Å²) in [6.07, 6.45) is 0.217. The van der Waals surface area contributed by atoms with Crippen molar-refractivity contribution in [3.8, 4) is 0 Å². The number of aryl methyl sites for hydroxylation is 3. The third-order valence-corrected chi connectivity index (χ3v) is 4.64. The van der Waals surface area contributed by atoms with Gasteiger partial charge in [0.25, 0.3) is 0 Å². The highest BCUT2D eigenvalue weighted by Gasteiger charge is 2.18. The molecule has 0 aliphatic carbocycles. The van der Waals surface area contributed by atoms with E-state index in [0.717, 1.165) is 22.3 Å². The summed E-state index contributed by atoms with van der Waals surface area (Å²) < 4.78 is 0. The number of nitrogens with zero attached hydrogens (tertiary/aromatic N) is 1. The van der Waals surface area contributed by atoms with Crippen molar-refractivity contribution in [1.29, 1.82) is 0 Å². The smallest absolute Gasteiger partial charge is 0.223 e. The molecule has 0 aliphatic heterocycles. The summed E-state index contributed by atoms with van der Waals surface area (Å²) in [5.41, 5.74) is 4.86. The minimum Gasteiger partial charge on any atom is -0.352 e. The van der Waals surface area contributed by atoms with Gasteiger partial charge in [0.2, 0.25) is 11.8 Å². The number of rotatable bonds is 6. The normalized spacial score (nSPS) is 10.5. The third-order valence-electron chi connectivity index (χ3n) is 4.35. The number of carbonyl (C=O) groups excluding carboxylic acids is 2. The molecule has 138 valence electrons. The molecule has 0 saturated carbocycles. The Bertz CT molecular complexity index is 794. The van der Waals surface area contributed by atoms with E-state index >= 15 is 0 Å². The minimum absolute atomic E-state index is 0.0969. The van der Waals surface area contributed by atoms with Gasteiger partial charge in [-0.1, -0.05) is 41.9 Å². The summed E-state index contributed by atoms with van der Waals surface area (Å²) in [5.74, 6) is -0.231. The maximum absolute atomic E-state index is 12.2. The minimum atomic E-state index is -0.134. The van der Waals surface area contributed by atoms with Crippen LogP contribution in [0.15, 0.2) is 36.4 Å². The molecule has 0 bridgehead atoms. The second kappa shape index (κ2) is 8.86. The zero-order chi connectivity index (χ0) is 19.3. The van der Waals surface area contributed by atoms with E-state index in [9.17, 15) is 9.59 Å². The van der Waals surface area contributed by atoms with Gasteiger partial charge in [0, 0.05) is 26.4 Å². The first kappa shape index (κ1) is 20.0. The van der Waals surface area contributed by atoms with Gasteiger partial charge in [-0.25, -0.2) is 0 Å². The summed E-state index contributed by atoms with van der Waals surface area (Å²) >= 11 is 6.35. The topological polar surface area (TPSA) is 49.4 Å². The molecular weight excluding hydrogens is 348 g/mol. The standard InChI is InChI=1S/C21H25ClN2O2/c1-14-11-16(3)21(19(22)12-14)24(17(4)25)10-9-20(26)23-13-18-8-6-5-7-15(18)2/h5-8,11-12H,9-10,13H2,1-4H3,(H,23,26). The summed E-state index contributed by atoms with van der Waals surface area (Å²) in [6, 6.07) is 11.7. The van der Waals surface area contributed by atoms with Gasteiger partial charge in [0.15, 0.2) is 0 Å². The molecule has 4 nitrogen and oxygen atoms in total. The maximum Gasteiger partial charge on any atom is 0.223 e. The van der Waals surface area contributed by atoms with Gasteiger partial charge in [-0.2, -0.15) is 0 Å². The Morgan fingerprint density at radius 2 is 1.77 bits per heavy atom. The van der Waals surface area contributed by atoms with E-state index < -0.39 is 0 Å². The Hall–Kier alpha value is -2.33. The fraction of sp³-hybridized carbons (Fsp3) is 0.333. The van der Waals surface area contributed by atoms with Gasteiger partial charge in [0.05, 0.1) is 10.7 Å². The monoisotopic (exact) mass is 372 g/mol. The lowest BCUT2D eigenvalue weighted by molar-refractivity contribution is -0.121. The molecule has 2 rings (SSSR count). The number of nitrogens with one attached hydrogen (secondary N) is 1. The van der Waals surface area contributed by atoms with Crippen LogP contribution in [0.5, 0.6) is 0 Å². The molecule has 0 saturated heterocycles. The fourth-order valence-electron chi connectivity index (χ4n) is 2.98. The van der Waals surface area contributed by atoms with E-state index in [1.165, 1.54) is 6.92 Å². The highest BCUT2D eigenvalue weighted by Crippen LogP contribution is 2.31. The van der Waals surface area contributed by atoms with Crippen LogP contribution in [-0.2, 0) is 16.1 Å². The largest absolute Gasteiger partial charge is 0.352 e. The first-order valence-corrected chi connectivity index (χ1v) is 9.03. The Morgan fingerprint density at radius 1 is 1.08 bits per heavy atom. The molecule has 2 amide bonds. The summed E-state index contributed by atoms with van der Waals surface area (Å²) in [5, 5.41) is 3.44. The quantitative estimate of drug-likeness (QED) is 0.820. The van der Waals surface area contributed by atoms with Gasteiger partial charge in [-0.15, -0.1) is 0 Å². The number of hydrogen-bond donors (Lipinski definition) is 1. The molecule has 2 aromatic carbocycles. The maximum atomic E-state index is 12.2. The molecule has 0 aromatic heterocycles. The van der Waals surface area contributed by atoms with Crippen molar-refractivity contribution in [2.45, 2.75) is 40.7 Å². The first-order chi connectivity index (χ1) is 12.3. The van der Waals surface area contributed by atoms with Crippen molar-refractivity contribution in [2.24, 2.45) is 0 Å². The number of anilines is 1. The summed E-state index contributed by atoms with van der Waals surface area (Å²) in [7, 11) is 0. The number of amides is 2. The van der Waals surface area contributed by atoms with Gasteiger partial charge in [-0.05, 0) is 49.1 Å². The summed E-state index contributed by atoms with van der Waals surface area (Å²) in [6.45, 7) is 8.15. The Labute approximate surface area is 160 Å². The van der Waals surface area contributed by atoms with Crippen molar-refractivity contribution in [3.05, 3.63) is 63.7 Å². The molecule has 0 unspecified atom stereocenters. The second-order valence-corrected chi connectivity index (χ2v) is 6.94. The average Bonchev–Trinajstić information content (AvgIpc) is 2.55. The van der Waals surface area contributed by atoms with Crippen LogP contribution in [-0.4, -0.2) is 18.4 Å². The zero-order valence-corrected chi connectivity index (χ0v) is 16.5. The second-order valence-electron chi connectivity index (χ2n) is 6.54. The predicted molar refractivity (Wildman–Crippen MR) is 107 cm³/mol. The molecule has 5 heteroatoms. The van der Waals surface area contributed by atoms with E-state index in [2.05, 4.69) is 5.32 Å². The molecule has 0 radical (unpaired) electrons. The van der Waals surface area contributed by atoms with Crippen molar-refractivity contribution < 1.29 is 9.59 Å². The van der Waals surface area contributed by atoms with Crippen LogP contribution >= 0.6 is 11.6 Å². The first-order valence-electron chi connectivity index (χ1n) is 8.65. The van der Waals surface area contributed by atoms with Crippen LogP contribution < -0.4 is 10.2 Å². The lowest BCUT2D eigenvalue weighted by Crippen LogP contribution is -2.34. The number of carbonyl (C=O) groups is 2. The zero-order valence-electron chi connectivity index (χ0n) is 15.7. The van der Waals surface area contributed by atoms with E-state index in [4.69, 9.17) is 11.6 Å². The van der Waals surface area contributed by atoms with Crippen LogP contribution in [0.25, 0.3) is 0 Å². The van der Waals surface area contributed by atoms with Crippen molar-refractivity contribution in [2.75, 3.05) is 11.4 Å². The Balaban J connectivity index is 2.02. The van der Waals surface area contributed by atoms with Gasteiger partial charge in [0.1, 0.15) is 0 Å². The molecule has 0 atom stereocenters. The van der Waals surface area contributed by atoms with E-state index in [0.29, 0.717) is 23.8 Å². The fourth-order valence-corrected chi connectivity index (χ4v) is 3.40. The lowest BCUT2D eigenvalue weighted by Gasteiger charge is -2.24. The summed E-state index contributed by atoms with van der Waals surface area (Å²) in [4.78, 5) is 25.9. The molecule has 0 fully saturated rings. The molecule has 0 aliphatic rings. The van der Waals surface area contributed by atoms with Crippen LogP contribution in [0.1, 0.15) is 35.6 Å². The average molecular weight is 373 g/mol. The number of hydrogen-bond acceptors (Lipinski definition) is 2. The number of halogens is 1. The van der Waals surface area contributed by atoms with Crippen LogP contribution in [0.4, 0.5) is 5.69 Å². The van der Waals surface area contributed by atoms with Gasteiger partial charge < -0.3 is 10.2 Å². The number of benzene rings is 2. The molecule has 2 aromatic rings. The third kappa shape index (κ3) is 5.09. The van der Waals surface area contributed by atoms with Crippen molar-refractivity contribution in [1.82, 2.24) is 5.32 Å². The van der Waals surface area contributed by atoms with E-state index in [1.54, 1.807) is 4.90 Å². The van der Waals surface area contributed by atoms with Crippen LogP contribution in [0.3, 0.4) is 0 Å². The Kier molecular flexibility index (Phi) is 6.81. The van der Waals surface area contributed by atoms with Crippen molar-refractivity contribution in [3.63, 3.8) is 0 Å². The molecule has 0 heterocycles. The van der Waals surface area contributed by atoms with Gasteiger partial charge >= 0.3 is 0 Å². The van der Waals surface area contributed by atoms with Crippen molar-refractivity contribution >= 4 is 29.1 Å². The molecular formula is C21H25ClN2O2. The SMILES string of the molecule is CC(=O)N(CCC(=O)NCc1ccccc1C)c1c(C)cc(C)cc1Cl. The van der Waals surface area contributed by atoms with Crippen LogP contribution in [0, 0.1) is 20.8 Å². The van der Waals surface area contributed by atoms with Crippen LogP contribution in [0.2, 0.25) is 5.02 Å². The van der Waals surface area contributed by atoms with E-state index in [-0.39, 0.29) is 18.2 Å². The van der Waals surface area contributed by atoms with E-state index in [1.807, 2.05) is 57.2 Å². The molecule has 1 N–H and O–H groups in total. The molecule has 26 heavy (non-hydrogen) atoms.